The molecule has 1 saturated carbocycles. The molecule has 1 heterocycles. The van der Waals surface area contributed by atoms with E-state index in [1.807, 2.05) is 0 Å². The summed E-state index contributed by atoms with van der Waals surface area (Å²) in [5.74, 6) is 0.974. The van der Waals surface area contributed by atoms with Crippen molar-refractivity contribution in [2.75, 3.05) is 19.6 Å². The van der Waals surface area contributed by atoms with Gasteiger partial charge >= 0.3 is 0 Å². The van der Waals surface area contributed by atoms with Gasteiger partial charge in [0.25, 0.3) is 0 Å². The molecule has 1 aliphatic heterocycles. The first-order valence-corrected chi connectivity index (χ1v) is 9.73. The lowest BCUT2D eigenvalue weighted by Gasteiger charge is -2.30. The molecule has 0 unspecified atom stereocenters. The molecule has 2 aliphatic rings. The summed E-state index contributed by atoms with van der Waals surface area (Å²) in [5, 5.41) is 6.66. The maximum Gasteiger partial charge on any atom is 0.220 e. The second kappa shape index (κ2) is 9.59. The molecule has 25 heavy (non-hydrogen) atoms. The van der Waals surface area contributed by atoms with E-state index >= 15 is 0 Å². The average molecular weight is 365 g/mol. The molecule has 0 spiro atoms. The number of benzene rings is 1. The standard InChI is InChI=1S/C21H32N2O.ClH/c1-17-5-4-6-19(15-17)21(11-2-3-12-21)16-23-20(24)8-7-18-9-13-22-14-10-18;/h4-6,15,18,22H,2-3,7-14,16H2,1H3,(H,23,24);1H. The number of aryl methyl sites for hydroxylation is 1. The number of carbonyl (C=O) groups excluding carboxylic acids is 1. The Labute approximate surface area is 158 Å². The minimum atomic E-state index is 0. The second-order valence-electron chi connectivity index (χ2n) is 7.87. The minimum absolute atomic E-state index is 0. The zero-order valence-corrected chi connectivity index (χ0v) is 16.3. The van der Waals surface area contributed by atoms with Gasteiger partial charge in [0.05, 0.1) is 0 Å². The van der Waals surface area contributed by atoms with E-state index in [0.717, 1.165) is 32.0 Å². The Morgan fingerprint density at radius 3 is 2.64 bits per heavy atom. The van der Waals surface area contributed by atoms with Crippen molar-refractivity contribution in [3.8, 4) is 0 Å². The number of carbonyl (C=O) groups is 1. The number of nitrogens with one attached hydrogen (secondary N) is 2. The van der Waals surface area contributed by atoms with Crippen molar-refractivity contribution >= 4 is 18.3 Å². The van der Waals surface area contributed by atoms with Crippen molar-refractivity contribution in [3.63, 3.8) is 0 Å². The Balaban J connectivity index is 0.00000225. The van der Waals surface area contributed by atoms with E-state index in [2.05, 4.69) is 41.8 Å². The maximum atomic E-state index is 12.4. The third-order valence-electron chi connectivity index (χ3n) is 6.05. The summed E-state index contributed by atoms with van der Waals surface area (Å²) in [6.45, 7) is 5.19. The fourth-order valence-electron chi connectivity index (χ4n) is 4.46. The van der Waals surface area contributed by atoms with E-state index in [1.165, 1.54) is 49.7 Å². The number of rotatable bonds is 6. The highest BCUT2D eigenvalue weighted by atomic mass is 35.5. The third-order valence-corrected chi connectivity index (χ3v) is 6.05. The van der Waals surface area contributed by atoms with Crippen LogP contribution >= 0.6 is 12.4 Å². The highest BCUT2D eigenvalue weighted by molar-refractivity contribution is 5.85. The maximum absolute atomic E-state index is 12.4. The average Bonchev–Trinajstić information content (AvgIpc) is 3.09. The molecule has 1 aliphatic carbocycles. The Bertz CT molecular complexity index is 549. The van der Waals surface area contributed by atoms with Gasteiger partial charge in [-0.2, -0.15) is 0 Å². The van der Waals surface area contributed by atoms with Crippen molar-refractivity contribution in [3.05, 3.63) is 35.4 Å². The van der Waals surface area contributed by atoms with Gasteiger partial charge in [-0.25, -0.2) is 0 Å². The minimum Gasteiger partial charge on any atom is -0.355 e. The van der Waals surface area contributed by atoms with Crippen LogP contribution in [-0.4, -0.2) is 25.5 Å². The molecular weight excluding hydrogens is 332 g/mol. The molecule has 3 rings (SSSR count). The van der Waals surface area contributed by atoms with E-state index < -0.39 is 0 Å². The molecule has 2 N–H and O–H groups in total. The lowest BCUT2D eigenvalue weighted by Crippen LogP contribution is -2.39. The summed E-state index contributed by atoms with van der Waals surface area (Å²) < 4.78 is 0. The zero-order chi connectivity index (χ0) is 16.8. The summed E-state index contributed by atoms with van der Waals surface area (Å²) >= 11 is 0. The van der Waals surface area contributed by atoms with Crippen molar-refractivity contribution in [1.29, 1.82) is 0 Å². The van der Waals surface area contributed by atoms with Crippen LogP contribution < -0.4 is 10.6 Å². The highest BCUT2D eigenvalue weighted by Crippen LogP contribution is 2.40. The molecule has 0 aromatic heterocycles. The number of amides is 1. The smallest absolute Gasteiger partial charge is 0.220 e. The number of hydrogen-bond donors (Lipinski definition) is 2. The van der Waals surface area contributed by atoms with Crippen LogP contribution in [0, 0.1) is 12.8 Å². The Morgan fingerprint density at radius 2 is 1.96 bits per heavy atom. The molecule has 3 nitrogen and oxygen atoms in total. The van der Waals surface area contributed by atoms with Crippen molar-refractivity contribution in [2.24, 2.45) is 5.92 Å². The number of piperidine rings is 1. The van der Waals surface area contributed by atoms with Crippen molar-refractivity contribution < 1.29 is 4.79 Å². The molecule has 1 amide bonds. The van der Waals surface area contributed by atoms with Crippen LogP contribution in [0.4, 0.5) is 0 Å². The van der Waals surface area contributed by atoms with Crippen LogP contribution in [-0.2, 0) is 10.2 Å². The quantitative estimate of drug-likeness (QED) is 0.797. The van der Waals surface area contributed by atoms with Gasteiger partial charge in [0, 0.05) is 18.4 Å². The van der Waals surface area contributed by atoms with E-state index in [1.54, 1.807) is 0 Å². The second-order valence-corrected chi connectivity index (χ2v) is 7.87. The van der Waals surface area contributed by atoms with Gasteiger partial charge < -0.3 is 10.6 Å². The molecule has 0 bridgehead atoms. The molecule has 2 fully saturated rings. The van der Waals surface area contributed by atoms with Crippen LogP contribution in [0.15, 0.2) is 24.3 Å². The van der Waals surface area contributed by atoms with E-state index in [0.29, 0.717) is 6.42 Å². The molecule has 140 valence electrons. The first-order chi connectivity index (χ1) is 11.7. The molecule has 4 heteroatoms. The predicted molar refractivity (Wildman–Crippen MR) is 106 cm³/mol. The Morgan fingerprint density at radius 1 is 1.24 bits per heavy atom. The van der Waals surface area contributed by atoms with Gasteiger partial charge in [0.15, 0.2) is 0 Å². The number of hydrogen-bond acceptors (Lipinski definition) is 2. The zero-order valence-electron chi connectivity index (χ0n) is 15.5. The lowest BCUT2D eigenvalue weighted by molar-refractivity contribution is -0.121. The van der Waals surface area contributed by atoms with E-state index in [4.69, 9.17) is 0 Å². The first kappa shape index (κ1) is 20.3. The molecular formula is C21H33ClN2O. The summed E-state index contributed by atoms with van der Waals surface area (Å²) in [5.41, 5.74) is 2.89. The Kier molecular flexibility index (Phi) is 7.77. The van der Waals surface area contributed by atoms with Crippen LogP contribution in [0.1, 0.15) is 62.5 Å². The van der Waals surface area contributed by atoms with Crippen LogP contribution in [0.3, 0.4) is 0 Å². The molecule has 1 aromatic rings. The van der Waals surface area contributed by atoms with Crippen molar-refractivity contribution in [2.45, 2.75) is 63.7 Å². The topological polar surface area (TPSA) is 41.1 Å². The largest absolute Gasteiger partial charge is 0.355 e. The molecule has 0 radical (unpaired) electrons. The SMILES string of the molecule is Cc1cccc(C2(CNC(=O)CCC3CCNCC3)CCCC2)c1.Cl. The molecule has 1 aromatic carbocycles. The number of halogens is 1. The van der Waals surface area contributed by atoms with Gasteiger partial charge in [-0.1, -0.05) is 42.7 Å². The predicted octanol–water partition coefficient (Wildman–Crippen LogP) is 4.12. The summed E-state index contributed by atoms with van der Waals surface area (Å²) in [6.07, 6.45) is 9.13. The van der Waals surface area contributed by atoms with Gasteiger partial charge in [-0.15, -0.1) is 12.4 Å². The van der Waals surface area contributed by atoms with Crippen LogP contribution in [0.2, 0.25) is 0 Å². The molecule has 0 atom stereocenters. The first-order valence-electron chi connectivity index (χ1n) is 9.73. The van der Waals surface area contributed by atoms with Gasteiger partial charge in [-0.05, 0) is 63.6 Å². The Hall–Kier alpha value is -1.06. The lowest BCUT2D eigenvalue weighted by atomic mass is 9.78. The van der Waals surface area contributed by atoms with Gasteiger partial charge in [0.1, 0.15) is 0 Å². The van der Waals surface area contributed by atoms with E-state index in [9.17, 15) is 4.79 Å². The van der Waals surface area contributed by atoms with Gasteiger partial charge in [-0.3, -0.25) is 4.79 Å². The van der Waals surface area contributed by atoms with Gasteiger partial charge in [0.2, 0.25) is 5.91 Å². The third kappa shape index (κ3) is 5.46. The monoisotopic (exact) mass is 364 g/mol. The summed E-state index contributed by atoms with van der Waals surface area (Å²) in [4.78, 5) is 12.4. The highest BCUT2D eigenvalue weighted by Gasteiger charge is 2.35. The van der Waals surface area contributed by atoms with Crippen molar-refractivity contribution in [1.82, 2.24) is 10.6 Å². The summed E-state index contributed by atoms with van der Waals surface area (Å²) in [7, 11) is 0. The van der Waals surface area contributed by atoms with E-state index in [-0.39, 0.29) is 23.7 Å². The van der Waals surface area contributed by atoms with Crippen LogP contribution in [0.25, 0.3) is 0 Å². The normalized spacial score (nSPS) is 20.0. The van der Waals surface area contributed by atoms with Crippen LogP contribution in [0.5, 0.6) is 0 Å². The fraction of sp³-hybridized carbons (Fsp3) is 0.667. The molecule has 1 saturated heterocycles. The fourth-order valence-corrected chi connectivity index (χ4v) is 4.46. The summed E-state index contributed by atoms with van der Waals surface area (Å²) in [6, 6.07) is 8.87.